The summed E-state index contributed by atoms with van der Waals surface area (Å²) in [7, 11) is 1.94. The molecule has 0 saturated heterocycles. The summed E-state index contributed by atoms with van der Waals surface area (Å²) in [6.07, 6.45) is 6.06. The number of hydrogen-bond acceptors (Lipinski definition) is 2. The van der Waals surface area contributed by atoms with Gasteiger partial charge in [-0.15, -0.1) is 0 Å². The maximum Gasteiger partial charge on any atom is 0.0707 e. The first-order valence-corrected chi connectivity index (χ1v) is 5.06. The summed E-state index contributed by atoms with van der Waals surface area (Å²) in [5, 5.41) is 4.28. The standard InChI is InChI=1S/C13H14N2/c1-14-9-3-6-11-5-2-8-13-12(11)7-4-10-15-13/h2-8,10,14H,9H2,1H3. The molecule has 1 N–H and O–H groups in total. The van der Waals surface area contributed by atoms with E-state index in [9.17, 15) is 0 Å². The molecule has 2 rings (SSSR count). The molecule has 0 atom stereocenters. The van der Waals surface area contributed by atoms with Crippen molar-refractivity contribution in [2.75, 3.05) is 13.6 Å². The van der Waals surface area contributed by atoms with Gasteiger partial charge < -0.3 is 5.32 Å². The van der Waals surface area contributed by atoms with Crippen molar-refractivity contribution < 1.29 is 0 Å². The zero-order valence-corrected chi connectivity index (χ0v) is 8.77. The van der Waals surface area contributed by atoms with E-state index < -0.39 is 0 Å². The van der Waals surface area contributed by atoms with Crippen LogP contribution in [0.25, 0.3) is 17.0 Å². The highest BCUT2D eigenvalue weighted by Crippen LogP contribution is 2.17. The summed E-state index contributed by atoms with van der Waals surface area (Å²) < 4.78 is 0. The number of aromatic nitrogens is 1. The molecule has 2 aromatic rings. The summed E-state index contributed by atoms with van der Waals surface area (Å²) in [6.45, 7) is 0.886. The molecule has 0 fully saturated rings. The molecule has 0 radical (unpaired) electrons. The third-order valence-corrected chi connectivity index (χ3v) is 2.30. The van der Waals surface area contributed by atoms with Gasteiger partial charge in [0.2, 0.25) is 0 Å². The number of fused-ring (bicyclic) bond motifs is 1. The SMILES string of the molecule is CNCC=Cc1cccc2ncccc12. The van der Waals surface area contributed by atoms with Crippen LogP contribution >= 0.6 is 0 Å². The van der Waals surface area contributed by atoms with Crippen LogP contribution < -0.4 is 5.32 Å². The van der Waals surface area contributed by atoms with E-state index in [0.717, 1.165) is 12.1 Å². The lowest BCUT2D eigenvalue weighted by molar-refractivity contribution is 0.922. The van der Waals surface area contributed by atoms with E-state index in [1.54, 1.807) is 0 Å². The van der Waals surface area contributed by atoms with Gasteiger partial charge in [0, 0.05) is 18.1 Å². The number of benzene rings is 1. The molecule has 0 aliphatic heterocycles. The predicted octanol–water partition coefficient (Wildman–Crippen LogP) is 2.47. The highest BCUT2D eigenvalue weighted by atomic mass is 14.8. The highest BCUT2D eigenvalue weighted by Gasteiger charge is 1.96. The second-order valence-corrected chi connectivity index (χ2v) is 3.38. The minimum Gasteiger partial charge on any atom is -0.316 e. The average Bonchev–Trinajstić information content (AvgIpc) is 2.30. The Labute approximate surface area is 89.7 Å². The Hall–Kier alpha value is -1.67. The fourth-order valence-corrected chi connectivity index (χ4v) is 1.58. The summed E-state index contributed by atoms with van der Waals surface area (Å²) in [5.41, 5.74) is 2.26. The van der Waals surface area contributed by atoms with E-state index >= 15 is 0 Å². The lowest BCUT2D eigenvalue weighted by atomic mass is 10.1. The van der Waals surface area contributed by atoms with Gasteiger partial charge >= 0.3 is 0 Å². The molecule has 1 heterocycles. The van der Waals surface area contributed by atoms with Gasteiger partial charge in [-0.05, 0) is 24.7 Å². The molecular weight excluding hydrogens is 184 g/mol. The maximum atomic E-state index is 4.32. The average molecular weight is 198 g/mol. The number of likely N-dealkylation sites (N-methyl/N-ethyl adjacent to an activating group) is 1. The Morgan fingerprint density at radius 1 is 1.27 bits per heavy atom. The maximum absolute atomic E-state index is 4.32. The molecule has 0 saturated carbocycles. The molecule has 2 nitrogen and oxygen atoms in total. The monoisotopic (exact) mass is 198 g/mol. The first kappa shape index (κ1) is 9.87. The third-order valence-electron chi connectivity index (χ3n) is 2.30. The lowest BCUT2D eigenvalue weighted by Crippen LogP contribution is -2.03. The van der Waals surface area contributed by atoms with E-state index in [2.05, 4.69) is 34.6 Å². The first-order chi connectivity index (χ1) is 7.42. The number of pyridine rings is 1. The van der Waals surface area contributed by atoms with Gasteiger partial charge in [-0.2, -0.15) is 0 Å². The lowest BCUT2D eigenvalue weighted by Gasteiger charge is -2.00. The molecule has 0 unspecified atom stereocenters. The molecule has 0 spiro atoms. The number of nitrogens with zero attached hydrogens (tertiary/aromatic N) is 1. The van der Waals surface area contributed by atoms with Crippen molar-refractivity contribution in [3.8, 4) is 0 Å². The van der Waals surface area contributed by atoms with E-state index in [4.69, 9.17) is 0 Å². The Bertz CT molecular complexity index is 469. The van der Waals surface area contributed by atoms with Crippen LogP contribution in [0.1, 0.15) is 5.56 Å². The fourth-order valence-electron chi connectivity index (χ4n) is 1.58. The second kappa shape index (κ2) is 4.71. The van der Waals surface area contributed by atoms with Crippen LogP contribution in [-0.2, 0) is 0 Å². The molecule has 0 bridgehead atoms. The molecule has 0 aliphatic rings. The van der Waals surface area contributed by atoms with E-state index in [1.807, 2.05) is 31.4 Å². The summed E-state index contributed by atoms with van der Waals surface area (Å²) in [4.78, 5) is 4.32. The normalized spacial score (nSPS) is 11.3. The zero-order chi connectivity index (χ0) is 10.5. The molecule has 0 amide bonds. The Balaban J connectivity index is 2.42. The van der Waals surface area contributed by atoms with Crippen LogP contribution in [0.15, 0.2) is 42.6 Å². The van der Waals surface area contributed by atoms with Crippen molar-refractivity contribution in [2.45, 2.75) is 0 Å². The highest BCUT2D eigenvalue weighted by molar-refractivity contribution is 5.87. The molecule has 1 aromatic carbocycles. The van der Waals surface area contributed by atoms with Crippen molar-refractivity contribution in [3.05, 3.63) is 48.2 Å². The zero-order valence-electron chi connectivity index (χ0n) is 8.77. The second-order valence-electron chi connectivity index (χ2n) is 3.38. The smallest absolute Gasteiger partial charge is 0.0707 e. The Morgan fingerprint density at radius 2 is 2.20 bits per heavy atom. The largest absolute Gasteiger partial charge is 0.316 e. The molecule has 1 aromatic heterocycles. The van der Waals surface area contributed by atoms with Crippen molar-refractivity contribution in [1.29, 1.82) is 0 Å². The van der Waals surface area contributed by atoms with Crippen LogP contribution in [0.5, 0.6) is 0 Å². The number of rotatable bonds is 3. The fraction of sp³-hybridized carbons (Fsp3) is 0.154. The van der Waals surface area contributed by atoms with Crippen molar-refractivity contribution in [3.63, 3.8) is 0 Å². The molecular formula is C13H14N2. The first-order valence-electron chi connectivity index (χ1n) is 5.06. The Morgan fingerprint density at radius 3 is 3.07 bits per heavy atom. The van der Waals surface area contributed by atoms with Crippen molar-refractivity contribution >= 4 is 17.0 Å². The van der Waals surface area contributed by atoms with Gasteiger partial charge in [0.15, 0.2) is 0 Å². The van der Waals surface area contributed by atoms with Crippen LogP contribution in [-0.4, -0.2) is 18.6 Å². The molecule has 0 aliphatic carbocycles. The van der Waals surface area contributed by atoms with Gasteiger partial charge in [-0.3, -0.25) is 4.98 Å². The Kier molecular flexibility index (Phi) is 3.10. The number of hydrogen-bond donors (Lipinski definition) is 1. The van der Waals surface area contributed by atoms with Gasteiger partial charge in [0.1, 0.15) is 0 Å². The van der Waals surface area contributed by atoms with Crippen molar-refractivity contribution in [1.82, 2.24) is 10.3 Å². The quantitative estimate of drug-likeness (QED) is 0.819. The van der Waals surface area contributed by atoms with Gasteiger partial charge in [-0.1, -0.05) is 30.4 Å². The van der Waals surface area contributed by atoms with E-state index in [1.165, 1.54) is 10.9 Å². The van der Waals surface area contributed by atoms with Crippen LogP contribution in [0.4, 0.5) is 0 Å². The van der Waals surface area contributed by atoms with Crippen LogP contribution in [0, 0.1) is 0 Å². The molecule has 2 heteroatoms. The third kappa shape index (κ3) is 2.22. The molecule has 15 heavy (non-hydrogen) atoms. The minimum absolute atomic E-state index is 0.886. The summed E-state index contributed by atoms with van der Waals surface area (Å²) in [5.74, 6) is 0. The summed E-state index contributed by atoms with van der Waals surface area (Å²) in [6, 6.07) is 10.2. The van der Waals surface area contributed by atoms with Crippen LogP contribution in [0.3, 0.4) is 0 Å². The van der Waals surface area contributed by atoms with Gasteiger partial charge in [0.05, 0.1) is 5.52 Å². The molecule has 76 valence electrons. The summed E-state index contributed by atoms with van der Waals surface area (Å²) >= 11 is 0. The predicted molar refractivity (Wildman–Crippen MR) is 64.7 cm³/mol. The van der Waals surface area contributed by atoms with Gasteiger partial charge in [-0.25, -0.2) is 0 Å². The van der Waals surface area contributed by atoms with Crippen molar-refractivity contribution in [2.24, 2.45) is 0 Å². The minimum atomic E-state index is 0.886. The number of nitrogens with one attached hydrogen (secondary N) is 1. The van der Waals surface area contributed by atoms with Gasteiger partial charge in [0.25, 0.3) is 0 Å². The van der Waals surface area contributed by atoms with E-state index in [0.29, 0.717) is 0 Å². The topological polar surface area (TPSA) is 24.9 Å². The van der Waals surface area contributed by atoms with Crippen LogP contribution in [0.2, 0.25) is 0 Å². The van der Waals surface area contributed by atoms with E-state index in [-0.39, 0.29) is 0 Å².